The molecule has 1 heterocycles. The van der Waals surface area contributed by atoms with Crippen LogP contribution in [0.25, 0.3) is 11.0 Å². The summed E-state index contributed by atoms with van der Waals surface area (Å²) < 4.78 is 31.8. The SMILES string of the molecule is O=C(c1cc2cc([N+](=O)[O-])ccc2o1)c1ccc(F)cc1F. The van der Waals surface area contributed by atoms with Crippen molar-refractivity contribution in [2.75, 3.05) is 0 Å². The third-order valence-electron chi connectivity index (χ3n) is 3.11. The largest absolute Gasteiger partial charge is 0.453 e. The van der Waals surface area contributed by atoms with Crippen LogP contribution in [0, 0.1) is 21.7 Å². The van der Waals surface area contributed by atoms with E-state index in [-0.39, 0.29) is 22.6 Å². The van der Waals surface area contributed by atoms with E-state index >= 15 is 0 Å². The molecule has 0 aliphatic heterocycles. The maximum atomic E-state index is 13.6. The fourth-order valence-corrected chi connectivity index (χ4v) is 2.06. The molecular formula is C15H7F2NO4. The lowest BCUT2D eigenvalue weighted by Gasteiger charge is -1.99. The molecule has 0 saturated heterocycles. The highest BCUT2D eigenvalue weighted by Gasteiger charge is 2.19. The van der Waals surface area contributed by atoms with Crippen LogP contribution < -0.4 is 0 Å². The first-order valence-corrected chi connectivity index (χ1v) is 6.13. The van der Waals surface area contributed by atoms with Crippen LogP contribution in [0.4, 0.5) is 14.5 Å². The number of furan rings is 1. The molecule has 0 aliphatic rings. The number of nitro benzene ring substituents is 1. The van der Waals surface area contributed by atoms with Gasteiger partial charge in [0.2, 0.25) is 5.78 Å². The summed E-state index contributed by atoms with van der Waals surface area (Å²) in [6.07, 6.45) is 0. The molecule has 0 aliphatic carbocycles. The molecule has 0 bridgehead atoms. The lowest BCUT2D eigenvalue weighted by Crippen LogP contribution is -2.03. The highest BCUT2D eigenvalue weighted by atomic mass is 19.1. The van der Waals surface area contributed by atoms with Gasteiger partial charge in [-0.1, -0.05) is 0 Å². The van der Waals surface area contributed by atoms with Gasteiger partial charge >= 0.3 is 0 Å². The Morgan fingerprint density at radius 1 is 1.09 bits per heavy atom. The van der Waals surface area contributed by atoms with Crippen molar-refractivity contribution in [3.05, 3.63) is 75.5 Å². The highest BCUT2D eigenvalue weighted by Crippen LogP contribution is 2.26. The summed E-state index contributed by atoms with van der Waals surface area (Å²) in [5.41, 5.74) is -0.230. The van der Waals surface area contributed by atoms with Gasteiger partial charge in [-0.25, -0.2) is 8.78 Å². The average Bonchev–Trinajstić information content (AvgIpc) is 2.89. The Kier molecular flexibility index (Phi) is 3.17. The lowest BCUT2D eigenvalue weighted by atomic mass is 10.1. The van der Waals surface area contributed by atoms with Crippen LogP contribution >= 0.6 is 0 Å². The first kappa shape index (κ1) is 13.9. The van der Waals surface area contributed by atoms with Gasteiger partial charge in [0.15, 0.2) is 5.76 Å². The van der Waals surface area contributed by atoms with Crippen molar-refractivity contribution in [2.45, 2.75) is 0 Å². The maximum Gasteiger partial charge on any atom is 0.270 e. The second kappa shape index (κ2) is 5.03. The normalized spacial score (nSPS) is 10.8. The monoisotopic (exact) mass is 303 g/mol. The Labute approximate surface area is 121 Å². The zero-order valence-corrected chi connectivity index (χ0v) is 10.9. The van der Waals surface area contributed by atoms with Crippen LogP contribution in [0.15, 0.2) is 46.9 Å². The fourth-order valence-electron chi connectivity index (χ4n) is 2.06. The molecule has 0 amide bonds. The minimum atomic E-state index is -1.00. The number of ketones is 1. The molecule has 22 heavy (non-hydrogen) atoms. The van der Waals surface area contributed by atoms with Crippen LogP contribution in [0.1, 0.15) is 16.1 Å². The van der Waals surface area contributed by atoms with Crippen LogP contribution in [0.5, 0.6) is 0 Å². The van der Waals surface area contributed by atoms with Crippen LogP contribution in [-0.2, 0) is 0 Å². The van der Waals surface area contributed by atoms with Gasteiger partial charge in [-0.2, -0.15) is 0 Å². The second-order valence-corrected chi connectivity index (χ2v) is 4.54. The third kappa shape index (κ3) is 2.32. The molecule has 0 fully saturated rings. The Morgan fingerprint density at radius 3 is 2.55 bits per heavy atom. The van der Waals surface area contributed by atoms with Gasteiger partial charge in [0.05, 0.1) is 10.5 Å². The molecule has 1 aromatic heterocycles. The predicted molar refractivity (Wildman–Crippen MR) is 72.7 cm³/mol. The molecule has 0 radical (unpaired) electrons. The topological polar surface area (TPSA) is 73.3 Å². The second-order valence-electron chi connectivity index (χ2n) is 4.54. The number of hydrogen-bond donors (Lipinski definition) is 0. The fraction of sp³-hybridized carbons (Fsp3) is 0. The summed E-state index contributed by atoms with van der Waals surface area (Å²) in [5.74, 6) is -2.75. The zero-order chi connectivity index (χ0) is 15.9. The quantitative estimate of drug-likeness (QED) is 0.418. The van der Waals surface area contributed by atoms with Gasteiger partial charge in [-0.15, -0.1) is 0 Å². The molecule has 2 aromatic carbocycles. The number of hydrogen-bond acceptors (Lipinski definition) is 4. The summed E-state index contributed by atoms with van der Waals surface area (Å²) in [5, 5.41) is 11.1. The summed E-state index contributed by atoms with van der Waals surface area (Å²) in [6, 6.07) is 7.70. The van der Waals surface area contributed by atoms with Gasteiger partial charge in [-0.3, -0.25) is 14.9 Å². The smallest absolute Gasteiger partial charge is 0.270 e. The molecule has 0 saturated carbocycles. The molecule has 3 rings (SSSR count). The number of benzene rings is 2. The van der Waals surface area contributed by atoms with E-state index in [9.17, 15) is 23.7 Å². The van der Waals surface area contributed by atoms with Gasteiger partial charge in [0.1, 0.15) is 17.2 Å². The van der Waals surface area contributed by atoms with Crippen molar-refractivity contribution in [3.8, 4) is 0 Å². The van der Waals surface area contributed by atoms with Gasteiger partial charge < -0.3 is 4.42 Å². The van der Waals surface area contributed by atoms with E-state index in [2.05, 4.69) is 0 Å². The maximum absolute atomic E-state index is 13.6. The van der Waals surface area contributed by atoms with Gasteiger partial charge in [0.25, 0.3) is 5.69 Å². The number of fused-ring (bicyclic) bond motifs is 1. The van der Waals surface area contributed by atoms with Crippen LogP contribution in [0.3, 0.4) is 0 Å². The van der Waals surface area contributed by atoms with E-state index in [1.54, 1.807) is 0 Å². The number of non-ortho nitro benzene ring substituents is 1. The predicted octanol–water partition coefficient (Wildman–Crippen LogP) is 3.85. The Balaban J connectivity index is 2.06. The van der Waals surface area contributed by atoms with E-state index in [4.69, 9.17) is 4.42 Å². The van der Waals surface area contributed by atoms with Crippen molar-refractivity contribution in [3.63, 3.8) is 0 Å². The number of nitro groups is 1. The van der Waals surface area contributed by atoms with E-state index in [1.165, 1.54) is 24.3 Å². The van der Waals surface area contributed by atoms with E-state index < -0.39 is 22.3 Å². The molecule has 0 spiro atoms. The van der Waals surface area contributed by atoms with Crippen molar-refractivity contribution in [2.24, 2.45) is 0 Å². The zero-order valence-electron chi connectivity index (χ0n) is 10.9. The number of nitrogens with zero attached hydrogens (tertiary/aromatic N) is 1. The molecule has 110 valence electrons. The number of halogens is 2. The number of carbonyl (C=O) groups excluding carboxylic acids is 1. The molecular weight excluding hydrogens is 296 g/mol. The molecule has 0 unspecified atom stereocenters. The van der Waals surface area contributed by atoms with E-state index in [0.717, 1.165) is 12.1 Å². The minimum absolute atomic E-state index is 0.153. The summed E-state index contributed by atoms with van der Waals surface area (Å²) >= 11 is 0. The molecule has 0 N–H and O–H groups in total. The van der Waals surface area contributed by atoms with Gasteiger partial charge in [0, 0.05) is 23.6 Å². The van der Waals surface area contributed by atoms with Crippen LogP contribution in [-0.4, -0.2) is 10.7 Å². The van der Waals surface area contributed by atoms with Crippen molar-refractivity contribution in [1.82, 2.24) is 0 Å². The number of rotatable bonds is 3. The van der Waals surface area contributed by atoms with Gasteiger partial charge in [-0.05, 0) is 24.3 Å². The Bertz CT molecular complexity index is 917. The Morgan fingerprint density at radius 2 is 1.86 bits per heavy atom. The minimum Gasteiger partial charge on any atom is -0.453 e. The van der Waals surface area contributed by atoms with Crippen molar-refractivity contribution < 1.29 is 22.9 Å². The third-order valence-corrected chi connectivity index (χ3v) is 3.11. The van der Waals surface area contributed by atoms with Crippen molar-refractivity contribution >= 4 is 22.4 Å². The molecule has 5 nitrogen and oxygen atoms in total. The van der Waals surface area contributed by atoms with Crippen molar-refractivity contribution in [1.29, 1.82) is 0 Å². The Hall–Kier alpha value is -3.09. The molecule has 3 aromatic rings. The first-order chi connectivity index (χ1) is 10.5. The summed E-state index contributed by atoms with van der Waals surface area (Å²) in [7, 11) is 0. The number of carbonyl (C=O) groups is 1. The lowest BCUT2D eigenvalue weighted by molar-refractivity contribution is -0.384. The highest BCUT2D eigenvalue weighted by molar-refractivity contribution is 6.09. The average molecular weight is 303 g/mol. The standard InChI is InChI=1S/C15H7F2NO4/c16-9-1-3-11(12(17)7-9)15(19)14-6-8-5-10(18(20)21)2-4-13(8)22-14/h1-7H. The first-order valence-electron chi connectivity index (χ1n) is 6.13. The van der Waals surface area contributed by atoms with E-state index in [1.807, 2.05) is 0 Å². The van der Waals surface area contributed by atoms with Crippen LogP contribution in [0.2, 0.25) is 0 Å². The van der Waals surface area contributed by atoms with E-state index in [0.29, 0.717) is 11.5 Å². The summed E-state index contributed by atoms with van der Waals surface area (Å²) in [4.78, 5) is 22.3. The summed E-state index contributed by atoms with van der Waals surface area (Å²) in [6.45, 7) is 0. The molecule has 0 atom stereocenters. The molecule has 7 heteroatoms.